The summed E-state index contributed by atoms with van der Waals surface area (Å²) in [7, 11) is 0. The number of carbonyl (C=O) groups excluding carboxylic acids is 1. The molecule has 0 aromatic carbocycles. The highest BCUT2D eigenvalue weighted by Gasteiger charge is 2.25. The second-order valence-corrected chi connectivity index (χ2v) is 4.17. The van der Waals surface area contributed by atoms with Gasteiger partial charge in [0.1, 0.15) is 18.8 Å². The lowest BCUT2D eigenvalue weighted by molar-refractivity contribution is -0.158. The Bertz CT molecular complexity index is 184. The van der Waals surface area contributed by atoms with Crippen LogP contribution in [0.3, 0.4) is 0 Å². The first-order valence-electron chi connectivity index (χ1n) is 4.43. The summed E-state index contributed by atoms with van der Waals surface area (Å²) in [4.78, 5) is 11.2. The van der Waals surface area contributed by atoms with Crippen LogP contribution in [-0.4, -0.2) is 46.7 Å². The van der Waals surface area contributed by atoms with E-state index >= 15 is 0 Å². The van der Waals surface area contributed by atoms with Crippen LogP contribution in [0.1, 0.15) is 20.8 Å². The predicted octanol–water partition coefficient (Wildman–Crippen LogP) is -0.710. The summed E-state index contributed by atoms with van der Waals surface area (Å²) >= 11 is 0. The molecule has 2 unspecified atom stereocenters. The number of hydrogen-bond acceptors (Lipinski definition) is 5. The van der Waals surface area contributed by atoms with Gasteiger partial charge in [0.25, 0.3) is 0 Å². The summed E-state index contributed by atoms with van der Waals surface area (Å²) in [5.41, 5.74) is -0.635. The van der Waals surface area contributed by atoms with Crippen LogP contribution in [0.4, 0.5) is 0 Å². The summed E-state index contributed by atoms with van der Waals surface area (Å²) in [6.07, 6.45) is -2.52. The Labute approximate surface area is 83.3 Å². The van der Waals surface area contributed by atoms with Crippen molar-refractivity contribution < 1.29 is 24.9 Å². The number of ether oxygens (including phenoxy) is 1. The molecule has 0 fully saturated rings. The van der Waals surface area contributed by atoms with Gasteiger partial charge >= 0.3 is 5.97 Å². The van der Waals surface area contributed by atoms with Gasteiger partial charge in [0.2, 0.25) is 0 Å². The number of esters is 1. The zero-order valence-electron chi connectivity index (χ0n) is 8.73. The first-order valence-corrected chi connectivity index (χ1v) is 4.43. The molecule has 0 aliphatic carbocycles. The van der Waals surface area contributed by atoms with Gasteiger partial charge in [-0.05, 0) is 20.8 Å². The van der Waals surface area contributed by atoms with Gasteiger partial charge in [-0.25, -0.2) is 0 Å². The van der Waals surface area contributed by atoms with Gasteiger partial charge in [-0.15, -0.1) is 0 Å². The smallest absolute Gasteiger partial charge is 0.311 e. The van der Waals surface area contributed by atoms with Crippen molar-refractivity contribution in [2.45, 2.75) is 33.0 Å². The van der Waals surface area contributed by atoms with Crippen LogP contribution in [0.2, 0.25) is 0 Å². The summed E-state index contributed by atoms with van der Waals surface area (Å²) in [6.45, 7) is 4.19. The highest BCUT2D eigenvalue weighted by atomic mass is 16.5. The van der Waals surface area contributed by atoms with Gasteiger partial charge in [-0.3, -0.25) is 4.79 Å². The van der Waals surface area contributed by atoms with Gasteiger partial charge in [0, 0.05) is 0 Å². The fourth-order valence-corrected chi connectivity index (χ4v) is 0.610. The molecule has 2 atom stereocenters. The lowest BCUT2D eigenvalue weighted by Gasteiger charge is -2.20. The normalized spacial score (nSPS) is 16.1. The minimum absolute atomic E-state index is 0.308. The Hall–Kier alpha value is -0.650. The van der Waals surface area contributed by atoms with E-state index in [1.807, 2.05) is 0 Å². The van der Waals surface area contributed by atoms with E-state index in [9.17, 15) is 4.79 Å². The second-order valence-electron chi connectivity index (χ2n) is 4.17. The predicted molar refractivity (Wildman–Crippen MR) is 49.5 cm³/mol. The molecule has 5 nitrogen and oxygen atoms in total. The third kappa shape index (κ3) is 4.55. The van der Waals surface area contributed by atoms with Gasteiger partial charge < -0.3 is 20.1 Å². The molecule has 0 amide bonds. The maximum atomic E-state index is 11.2. The van der Waals surface area contributed by atoms with Crippen molar-refractivity contribution in [3.8, 4) is 0 Å². The standard InChI is InChI=1S/C9H18O5/c1-9(2,3)8(13)14-5-7(12)6(11)4-10/h6-7,10-12H,4-5H2,1-3H3. The Kier molecular flexibility index (Phi) is 5.04. The molecule has 0 aliphatic heterocycles. The molecule has 3 N–H and O–H groups in total. The molecule has 0 aromatic rings. The highest BCUT2D eigenvalue weighted by Crippen LogP contribution is 2.15. The Morgan fingerprint density at radius 1 is 1.29 bits per heavy atom. The molecule has 0 rings (SSSR count). The molecule has 0 saturated heterocycles. The van der Waals surface area contributed by atoms with Crippen LogP contribution in [0.15, 0.2) is 0 Å². The van der Waals surface area contributed by atoms with Gasteiger partial charge in [0.15, 0.2) is 0 Å². The lowest BCUT2D eigenvalue weighted by Crippen LogP contribution is -2.36. The first-order chi connectivity index (χ1) is 6.29. The van der Waals surface area contributed by atoms with Crippen molar-refractivity contribution in [2.75, 3.05) is 13.2 Å². The molecule has 0 heterocycles. The minimum Gasteiger partial charge on any atom is -0.462 e. The van der Waals surface area contributed by atoms with E-state index in [0.29, 0.717) is 0 Å². The fraction of sp³-hybridized carbons (Fsp3) is 0.889. The molecule has 0 bridgehead atoms. The number of aliphatic hydroxyl groups is 3. The number of aliphatic hydroxyl groups excluding tert-OH is 3. The topological polar surface area (TPSA) is 87.0 Å². The van der Waals surface area contributed by atoms with Crippen molar-refractivity contribution in [3.05, 3.63) is 0 Å². The SMILES string of the molecule is CC(C)(C)C(=O)OCC(O)C(O)CO. The van der Waals surface area contributed by atoms with Crippen LogP contribution in [-0.2, 0) is 9.53 Å². The average molecular weight is 206 g/mol. The Balaban J connectivity index is 3.89. The highest BCUT2D eigenvalue weighted by molar-refractivity contribution is 5.75. The van der Waals surface area contributed by atoms with Crippen molar-refractivity contribution in [1.82, 2.24) is 0 Å². The third-order valence-corrected chi connectivity index (χ3v) is 1.63. The summed E-state index contributed by atoms with van der Waals surface area (Å²) in [5, 5.41) is 26.6. The molecule has 0 spiro atoms. The molecule has 0 saturated carbocycles. The minimum atomic E-state index is -1.28. The van der Waals surface area contributed by atoms with E-state index in [1.165, 1.54) is 0 Å². The van der Waals surface area contributed by atoms with Gasteiger partial charge in [-0.1, -0.05) is 0 Å². The van der Waals surface area contributed by atoms with Crippen LogP contribution in [0, 0.1) is 5.41 Å². The summed E-state index contributed by atoms with van der Waals surface area (Å²) < 4.78 is 4.73. The lowest BCUT2D eigenvalue weighted by atomic mass is 9.97. The molecular weight excluding hydrogens is 188 g/mol. The largest absolute Gasteiger partial charge is 0.462 e. The molecule has 0 aliphatic rings. The van der Waals surface area contributed by atoms with Gasteiger partial charge in [0.05, 0.1) is 12.0 Å². The molecule has 5 heteroatoms. The van der Waals surface area contributed by atoms with E-state index < -0.39 is 30.2 Å². The van der Waals surface area contributed by atoms with Crippen molar-refractivity contribution in [1.29, 1.82) is 0 Å². The maximum Gasteiger partial charge on any atom is 0.311 e. The number of carbonyl (C=O) groups is 1. The molecule has 84 valence electrons. The van der Waals surface area contributed by atoms with Crippen molar-refractivity contribution in [3.63, 3.8) is 0 Å². The average Bonchev–Trinajstić information content (AvgIpc) is 2.10. The Morgan fingerprint density at radius 2 is 1.79 bits per heavy atom. The quantitative estimate of drug-likeness (QED) is 0.529. The van der Waals surface area contributed by atoms with Crippen molar-refractivity contribution in [2.24, 2.45) is 5.41 Å². The van der Waals surface area contributed by atoms with Crippen molar-refractivity contribution >= 4 is 5.97 Å². The van der Waals surface area contributed by atoms with Crippen LogP contribution >= 0.6 is 0 Å². The fourth-order valence-electron chi connectivity index (χ4n) is 0.610. The van der Waals surface area contributed by atoms with E-state index in [4.69, 9.17) is 20.1 Å². The zero-order chi connectivity index (χ0) is 11.4. The first kappa shape index (κ1) is 13.4. The summed E-state index contributed by atoms with van der Waals surface area (Å²) in [6, 6.07) is 0. The van der Waals surface area contributed by atoms with E-state index in [2.05, 4.69) is 0 Å². The van der Waals surface area contributed by atoms with E-state index in [-0.39, 0.29) is 6.61 Å². The van der Waals surface area contributed by atoms with Gasteiger partial charge in [-0.2, -0.15) is 0 Å². The molecule has 14 heavy (non-hydrogen) atoms. The maximum absolute atomic E-state index is 11.2. The second kappa shape index (κ2) is 5.29. The molecule has 0 radical (unpaired) electrons. The van der Waals surface area contributed by atoms with E-state index in [1.54, 1.807) is 20.8 Å². The molecular formula is C9H18O5. The monoisotopic (exact) mass is 206 g/mol. The zero-order valence-corrected chi connectivity index (χ0v) is 8.73. The van der Waals surface area contributed by atoms with Crippen LogP contribution in [0.25, 0.3) is 0 Å². The summed E-state index contributed by atoms with van der Waals surface area (Å²) in [5.74, 6) is -0.457. The molecule has 0 aromatic heterocycles. The van der Waals surface area contributed by atoms with Crippen LogP contribution in [0.5, 0.6) is 0 Å². The number of rotatable bonds is 4. The number of hydrogen-bond donors (Lipinski definition) is 3. The third-order valence-electron chi connectivity index (χ3n) is 1.63. The Morgan fingerprint density at radius 3 is 2.14 bits per heavy atom. The van der Waals surface area contributed by atoms with Crippen LogP contribution < -0.4 is 0 Å². The van der Waals surface area contributed by atoms with E-state index in [0.717, 1.165) is 0 Å².